The first-order chi connectivity index (χ1) is 9.97. The summed E-state index contributed by atoms with van der Waals surface area (Å²) in [6.07, 6.45) is 1.37. The van der Waals surface area contributed by atoms with Gasteiger partial charge in [0, 0.05) is 23.9 Å². The van der Waals surface area contributed by atoms with Crippen molar-refractivity contribution in [1.29, 1.82) is 0 Å². The second kappa shape index (κ2) is 6.98. The first kappa shape index (κ1) is 15.9. The zero-order chi connectivity index (χ0) is 15.4. The number of carbonyl (C=O) groups excluding carboxylic acids is 2. The Balaban J connectivity index is 1.88. The lowest BCUT2D eigenvalue weighted by Crippen LogP contribution is -2.44. The van der Waals surface area contributed by atoms with Crippen molar-refractivity contribution in [2.75, 3.05) is 13.1 Å². The minimum atomic E-state index is -0.246. The van der Waals surface area contributed by atoms with Gasteiger partial charge in [-0.25, -0.2) is 0 Å². The van der Waals surface area contributed by atoms with Gasteiger partial charge < -0.3 is 10.6 Å². The minimum Gasteiger partial charge on any atom is -0.369 e. The lowest BCUT2D eigenvalue weighted by Gasteiger charge is -2.32. The Morgan fingerprint density at radius 3 is 2.33 bits per heavy atom. The van der Waals surface area contributed by atoms with Gasteiger partial charge in [0.05, 0.1) is 5.25 Å². The summed E-state index contributed by atoms with van der Waals surface area (Å²) in [6.45, 7) is 5.25. The Morgan fingerprint density at radius 2 is 1.81 bits per heavy atom. The number of hydrogen-bond donors (Lipinski definition) is 1. The molecule has 0 radical (unpaired) electrons. The molecule has 1 heterocycles. The van der Waals surface area contributed by atoms with Crippen LogP contribution in [-0.4, -0.2) is 35.1 Å². The number of likely N-dealkylation sites (tertiary alicyclic amines) is 1. The topological polar surface area (TPSA) is 63.4 Å². The Morgan fingerprint density at radius 1 is 1.24 bits per heavy atom. The van der Waals surface area contributed by atoms with Gasteiger partial charge in [0.1, 0.15) is 0 Å². The standard InChI is InChI=1S/C16H22N2O2S/c1-11-3-5-14(6-4-11)21-12(2)16(20)18-9-7-13(8-10-18)15(17)19/h3-6,12-13H,7-10H2,1-2H3,(H2,17,19)/t12-/m0/s1. The van der Waals surface area contributed by atoms with Crippen LogP contribution in [0.4, 0.5) is 0 Å². The number of nitrogens with two attached hydrogens (primary N) is 1. The third-order valence-electron chi connectivity index (χ3n) is 3.89. The molecule has 1 atom stereocenters. The molecule has 2 N–H and O–H groups in total. The van der Waals surface area contributed by atoms with Gasteiger partial charge in [-0.15, -0.1) is 11.8 Å². The first-order valence-corrected chi connectivity index (χ1v) is 8.17. The fourth-order valence-electron chi connectivity index (χ4n) is 2.51. The Kier molecular flexibility index (Phi) is 5.28. The van der Waals surface area contributed by atoms with Crippen LogP contribution in [0.2, 0.25) is 0 Å². The van der Waals surface area contributed by atoms with Gasteiger partial charge in [-0.05, 0) is 38.8 Å². The molecule has 0 saturated carbocycles. The van der Waals surface area contributed by atoms with Crippen molar-refractivity contribution in [3.05, 3.63) is 29.8 Å². The van der Waals surface area contributed by atoms with E-state index in [4.69, 9.17) is 5.73 Å². The van der Waals surface area contributed by atoms with Crippen molar-refractivity contribution in [2.24, 2.45) is 11.7 Å². The molecule has 21 heavy (non-hydrogen) atoms. The zero-order valence-corrected chi connectivity index (χ0v) is 13.4. The fraction of sp³-hybridized carbons (Fsp3) is 0.500. The van der Waals surface area contributed by atoms with Crippen LogP contribution in [0.3, 0.4) is 0 Å². The molecule has 0 aromatic heterocycles. The average Bonchev–Trinajstić information content (AvgIpc) is 2.49. The van der Waals surface area contributed by atoms with E-state index in [1.54, 1.807) is 11.8 Å². The summed E-state index contributed by atoms with van der Waals surface area (Å²) < 4.78 is 0. The molecule has 0 bridgehead atoms. The molecule has 1 aliphatic rings. The second-order valence-electron chi connectivity index (χ2n) is 5.58. The summed E-state index contributed by atoms with van der Waals surface area (Å²) in [5.41, 5.74) is 6.53. The molecule has 114 valence electrons. The van der Waals surface area contributed by atoms with Gasteiger partial charge in [0.15, 0.2) is 0 Å². The van der Waals surface area contributed by atoms with Crippen molar-refractivity contribution >= 4 is 23.6 Å². The summed E-state index contributed by atoms with van der Waals surface area (Å²) in [4.78, 5) is 26.5. The van der Waals surface area contributed by atoms with E-state index >= 15 is 0 Å². The molecular formula is C16H22N2O2S. The average molecular weight is 306 g/mol. The molecule has 1 aromatic carbocycles. The highest BCUT2D eigenvalue weighted by Gasteiger charge is 2.28. The lowest BCUT2D eigenvalue weighted by atomic mass is 9.96. The number of primary amides is 1. The summed E-state index contributed by atoms with van der Waals surface area (Å²) in [5, 5.41) is -0.113. The number of rotatable bonds is 4. The van der Waals surface area contributed by atoms with Crippen LogP contribution in [0.25, 0.3) is 0 Å². The molecule has 5 heteroatoms. The molecule has 2 amide bonds. The predicted octanol–water partition coefficient (Wildman–Crippen LogP) is 2.20. The summed E-state index contributed by atoms with van der Waals surface area (Å²) in [6, 6.07) is 8.20. The van der Waals surface area contributed by atoms with Crippen LogP contribution in [0.1, 0.15) is 25.3 Å². The van der Waals surface area contributed by atoms with Crippen LogP contribution >= 0.6 is 11.8 Å². The normalized spacial score (nSPS) is 17.5. The lowest BCUT2D eigenvalue weighted by molar-refractivity contribution is -0.134. The molecule has 1 saturated heterocycles. The highest BCUT2D eigenvalue weighted by atomic mass is 32.2. The molecule has 1 fully saturated rings. The third-order valence-corrected chi connectivity index (χ3v) is 4.99. The molecule has 0 aliphatic carbocycles. The smallest absolute Gasteiger partial charge is 0.235 e. The van der Waals surface area contributed by atoms with Crippen LogP contribution in [0.5, 0.6) is 0 Å². The second-order valence-corrected chi connectivity index (χ2v) is 6.99. The Labute approximate surface area is 130 Å². The van der Waals surface area contributed by atoms with E-state index in [1.165, 1.54) is 5.56 Å². The largest absolute Gasteiger partial charge is 0.369 e. The van der Waals surface area contributed by atoms with Crippen molar-refractivity contribution in [3.63, 3.8) is 0 Å². The number of hydrogen-bond acceptors (Lipinski definition) is 3. The molecule has 1 aromatic rings. The molecule has 0 spiro atoms. The number of benzene rings is 1. The van der Waals surface area contributed by atoms with Crippen LogP contribution < -0.4 is 5.73 Å². The summed E-state index contributed by atoms with van der Waals surface area (Å²) >= 11 is 1.58. The quantitative estimate of drug-likeness (QED) is 0.867. The number of amides is 2. The third kappa shape index (κ3) is 4.24. The summed E-state index contributed by atoms with van der Waals surface area (Å²) in [5.74, 6) is -0.179. The number of aryl methyl sites for hydroxylation is 1. The van der Waals surface area contributed by atoms with E-state index in [-0.39, 0.29) is 23.0 Å². The molecule has 2 rings (SSSR count). The first-order valence-electron chi connectivity index (χ1n) is 7.29. The minimum absolute atomic E-state index is 0.0749. The zero-order valence-electron chi connectivity index (χ0n) is 12.5. The number of carbonyl (C=O) groups is 2. The maximum Gasteiger partial charge on any atom is 0.235 e. The van der Waals surface area contributed by atoms with Crippen LogP contribution in [-0.2, 0) is 9.59 Å². The molecule has 4 nitrogen and oxygen atoms in total. The van der Waals surface area contributed by atoms with E-state index in [2.05, 4.69) is 12.1 Å². The highest BCUT2D eigenvalue weighted by Crippen LogP contribution is 2.26. The number of thioether (sulfide) groups is 1. The van der Waals surface area contributed by atoms with E-state index in [0.717, 1.165) is 4.90 Å². The van der Waals surface area contributed by atoms with E-state index in [9.17, 15) is 9.59 Å². The van der Waals surface area contributed by atoms with Gasteiger partial charge in [0.25, 0.3) is 0 Å². The fourth-order valence-corrected chi connectivity index (χ4v) is 3.46. The van der Waals surface area contributed by atoms with Crippen LogP contribution in [0, 0.1) is 12.8 Å². The van der Waals surface area contributed by atoms with Gasteiger partial charge in [-0.1, -0.05) is 17.7 Å². The van der Waals surface area contributed by atoms with Gasteiger partial charge in [-0.3, -0.25) is 9.59 Å². The van der Waals surface area contributed by atoms with Crippen LogP contribution in [0.15, 0.2) is 29.2 Å². The predicted molar refractivity (Wildman–Crippen MR) is 85.0 cm³/mol. The van der Waals surface area contributed by atoms with Crippen molar-refractivity contribution < 1.29 is 9.59 Å². The van der Waals surface area contributed by atoms with Gasteiger partial charge in [-0.2, -0.15) is 0 Å². The van der Waals surface area contributed by atoms with Gasteiger partial charge >= 0.3 is 0 Å². The molecule has 0 unspecified atom stereocenters. The molecular weight excluding hydrogens is 284 g/mol. The van der Waals surface area contributed by atoms with Crippen molar-refractivity contribution in [2.45, 2.75) is 36.8 Å². The van der Waals surface area contributed by atoms with E-state index in [0.29, 0.717) is 25.9 Å². The maximum atomic E-state index is 12.4. The monoisotopic (exact) mass is 306 g/mol. The number of nitrogens with zero attached hydrogens (tertiary/aromatic N) is 1. The maximum absolute atomic E-state index is 12.4. The van der Waals surface area contributed by atoms with Gasteiger partial charge in [0.2, 0.25) is 11.8 Å². The Bertz CT molecular complexity index is 508. The van der Waals surface area contributed by atoms with Crippen molar-refractivity contribution in [1.82, 2.24) is 4.90 Å². The Hall–Kier alpha value is -1.49. The SMILES string of the molecule is Cc1ccc(S[C@@H](C)C(=O)N2CCC(C(N)=O)CC2)cc1. The van der Waals surface area contributed by atoms with E-state index < -0.39 is 0 Å². The van der Waals surface area contributed by atoms with E-state index in [1.807, 2.05) is 30.9 Å². The number of piperidine rings is 1. The highest BCUT2D eigenvalue weighted by molar-refractivity contribution is 8.00. The molecule has 1 aliphatic heterocycles. The van der Waals surface area contributed by atoms with Crippen molar-refractivity contribution in [3.8, 4) is 0 Å². The summed E-state index contributed by atoms with van der Waals surface area (Å²) in [7, 11) is 0.